The molecule has 0 amide bonds. The van der Waals surface area contributed by atoms with E-state index in [1.807, 2.05) is 0 Å². The summed E-state index contributed by atoms with van der Waals surface area (Å²) in [5.41, 5.74) is 2.55. The van der Waals surface area contributed by atoms with Crippen LogP contribution in [0.5, 0.6) is 0 Å². The normalized spacial score (nSPS) is 12.9. The number of thiophene rings is 1. The molecule has 0 bridgehead atoms. The van der Waals surface area contributed by atoms with Gasteiger partial charge in [-0.2, -0.15) is 0 Å². The predicted molar refractivity (Wildman–Crippen MR) is 97.0 cm³/mol. The van der Waals surface area contributed by atoms with E-state index in [0.29, 0.717) is 10.8 Å². The smallest absolute Gasteiger partial charge is 0.175 e. The Balaban J connectivity index is 1.82. The highest BCUT2D eigenvalue weighted by molar-refractivity contribution is 7.90. The lowest BCUT2D eigenvalue weighted by Crippen LogP contribution is -2.01. The number of hydrogen-bond acceptors (Lipinski definition) is 5. The van der Waals surface area contributed by atoms with Crippen molar-refractivity contribution in [3.05, 3.63) is 64.7 Å². The van der Waals surface area contributed by atoms with Crippen molar-refractivity contribution < 1.29 is 8.42 Å². The number of aromatic nitrogens is 2. The molecule has 1 aromatic carbocycles. The molecular formula is C18H18N2O2S2. The van der Waals surface area contributed by atoms with Gasteiger partial charge in [0.2, 0.25) is 0 Å². The maximum absolute atomic E-state index is 11.5. The van der Waals surface area contributed by atoms with Gasteiger partial charge in [0.05, 0.1) is 22.5 Å². The van der Waals surface area contributed by atoms with Crippen LogP contribution in [0.2, 0.25) is 0 Å². The SMILES string of the molecule is C[C@H](Cc1cncc(-c2ccc(S(C)(=O)=O)cc2)n1)c1cccs1. The molecule has 0 unspecified atom stereocenters. The molecular weight excluding hydrogens is 340 g/mol. The molecule has 0 spiro atoms. The van der Waals surface area contributed by atoms with E-state index in [1.165, 1.54) is 11.1 Å². The van der Waals surface area contributed by atoms with Crippen LogP contribution in [0.15, 0.2) is 59.1 Å². The molecule has 0 saturated carbocycles. The van der Waals surface area contributed by atoms with E-state index in [0.717, 1.165) is 23.4 Å². The Morgan fingerprint density at radius 3 is 2.50 bits per heavy atom. The topological polar surface area (TPSA) is 59.9 Å². The summed E-state index contributed by atoms with van der Waals surface area (Å²) < 4.78 is 23.1. The Morgan fingerprint density at radius 1 is 1.12 bits per heavy atom. The molecule has 0 saturated heterocycles. The maximum Gasteiger partial charge on any atom is 0.175 e. The first kappa shape index (κ1) is 16.8. The summed E-state index contributed by atoms with van der Waals surface area (Å²) in [6, 6.07) is 10.9. The molecule has 1 atom stereocenters. The second-order valence-electron chi connectivity index (χ2n) is 5.81. The third kappa shape index (κ3) is 3.88. The molecule has 0 fully saturated rings. The van der Waals surface area contributed by atoms with Crippen LogP contribution >= 0.6 is 11.3 Å². The highest BCUT2D eigenvalue weighted by Crippen LogP contribution is 2.25. The van der Waals surface area contributed by atoms with E-state index in [9.17, 15) is 8.42 Å². The van der Waals surface area contributed by atoms with Crippen molar-refractivity contribution >= 4 is 21.2 Å². The minimum absolute atomic E-state index is 0.307. The van der Waals surface area contributed by atoms with Gasteiger partial charge in [0.15, 0.2) is 9.84 Å². The highest BCUT2D eigenvalue weighted by atomic mass is 32.2. The van der Waals surface area contributed by atoms with Crippen LogP contribution in [-0.2, 0) is 16.3 Å². The maximum atomic E-state index is 11.5. The van der Waals surface area contributed by atoms with Gasteiger partial charge in [0.1, 0.15) is 0 Å². The molecule has 0 N–H and O–H groups in total. The molecule has 3 rings (SSSR count). The van der Waals surface area contributed by atoms with Crippen molar-refractivity contribution in [2.45, 2.75) is 24.2 Å². The van der Waals surface area contributed by atoms with Crippen molar-refractivity contribution in [1.82, 2.24) is 9.97 Å². The Kier molecular flexibility index (Phi) is 4.78. The van der Waals surface area contributed by atoms with Gasteiger partial charge in [-0.1, -0.05) is 25.1 Å². The summed E-state index contributed by atoms with van der Waals surface area (Å²) in [4.78, 5) is 10.6. The molecule has 2 heterocycles. The second-order valence-corrected chi connectivity index (χ2v) is 8.81. The van der Waals surface area contributed by atoms with Gasteiger partial charge in [-0.3, -0.25) is 4.98 Å². The van der Waals surface area contributed by atoms with Crippen molar-refractivity contribution in [1.29, 1.82) is 0 Å². The van der Waals surface area contributed by atoms with E-state index in [2.05, 4.69) is 34.4 Å². The lowest BCUT2D eigenvalue weighted by Gasteiger charge is -2.10. The van der Waals surface area contributed by atoms with Crippen molar-refractivity contribution in [3.63, 3.8) is 0 Å². The second kappa shape index (κ2) is 6.83. The first-order valence-corrected chi connectivity index (χ1v) is 10.4. The number of benzene rings is 1. The Labute approximate surface area is 146 Å². The minimum atomic E-state index is -3.19. The van der Waals surface area contributed by atoms with Crippen LogP contribution in [0.25, 0.3) is 11.3 Å². The van der Waals surface area contributed by atoms with Crippen molar-refractivity contribution in [2.24, 2.45) is 0 Å². The number of sulfone groups is 1. The fourth-order valence-corrected chi connectivity index (χ4v) is 3.92. The lowest BCUT2D eigenvalue weighted by molar-refractivity contribution is 0.602. The van der Waals surface area contributed by atoms with Crippen LogP contribution in [0.4, 0.5) is 0 Å². The fraction of sp³-hybridized carbons (Fsp3) is 0.222. The molecule has 0 aliphatic rings. The molecule has 3 aromatic rings. The first-order valence-electron chi connectivity index (χ1n) is 7.58. The standard InChI is InChI=1S/C18H18N2O2S2/c1-13(18-4-3-9-23-18)10-15-11-19-12-17(20-15)14-5-7-16(8-6-14)24(2,21)22/h3-9,11-13H,10H2,1-2H3/t13-/m1/s1. The summed E-state index contributed by atoms with van der Waals surface area (Å²) in [7, 11) is -3.19. The number of rotatable bonds is 5. The van der Waals surface area contributed by atoms with Gasteiger partial charge < -0.3 is 0 Å². The van der Waals surface area contributed by atoms with E-state index < -0.39 is 9.84 Å². The number of hydrogen-bond donors (Lipinski definition) is 0. The average molecular weight is 358 g/mol. The number of nitrogens with zero attached hydrogens (tertiary/aromatic N) is 2. The van der Waals surface area contributed by atoms with Gasteiger partial charge >= 0.3 is 0 Å². The molecule has 0 aliphatic heterocycles. The zero-order valence-corrected chi connectivity index (χ0v) is 15.1. The van der Waals surface area contributed by atoms with Gasteiger partial charge in [0.25, 0.3) is 0 Å². The molecule has 0 radical (unpaired) electrons. The van der Waals surface area contributed by atoms with Crippen molar-refractivity contribution in [3.8, 4) is 11.3 Å². The van der Waals surface area contributed by atoms with Crippen molar-refractivity contribution in [2.75, 3.05) is 6.26 Å². The van der Waals surface area contributed by atoms with Crippen LogP contribution in [-0.4, -0.2) is 24.6 Å². The molecule has 24 heavy (non-hydrogen) atoms. The summed E-state index contributed by atoms with van der Waals surface area (Å²) >= 11 is 1.75. The van der Waals surface area contributed by atoms with E-state index in [-0.39, 0.29) is 0 Å². The van der Waals surface area contributed by atoms with Gasteiger partial charge in [0, 0.05) is 22.9 Å². The Hall–Kier alpha value is -2.05. The largest absolute Gasteiger partial charge is 0.261 e. The van der Waals surface area contributed by atoms with E-state index >= 15 is 0 Å². The monoisotopic (exact) mass is 358 g/mol. The lowest BCUT2D eigenvalue weighted by atomic mass is 10.0. The average Bonchev–Trinajstić information content (AvgIpc) is 3.09. The van der Waals surface area contributed by atoms with E-state index in [4.69, 9.17) is 0 Å². The van der Waals surface area contributed by atoms with Gasteiger partial charge in [-0.15, -0.1) is 11.3 Å². The van der Waals surface area contributed by atoms with Gasteiger partial charge in [-0.05, 0) is 35.9 Å². The minimum Gasteiger partial charge on any atom is -0.261 e. The zero-order valence-electron chi connectivity index (χ0n) is 13.5. The predicted octanol–water partition coefficient (Wildman–Crippen LogP) is 3.95. The zero-order chi connectivity index (χ0) is 17.2. The molecule has 4 nitrogen and oxygen atoms in total. The summed E-state index contributed by atoms with van der Waals surface area (Å²) in [5.74, 6) is 0.391. The molecule has 124 valence electrons. The summed E-state index contributed by atoms with van der Waals surface area (Å²) in [5, 5.41) is 2.08. The quantitative estimate of drug-likeness (QED) is 0.693. The van der Waals surface area contributed by atoms with Crippen LogP contribution in [0.1, 0.15) is 23.4 Å². The molecule has 2 aromatic heterocycles. The summed E-state index contributed by atoms with van der Waals surface area (Å²) in [6.45, 7) is 2.18. The Morgan fingerprint density at radius 2 is 1.88 bits per heavy atom. The van der Waals surface area contributed by atoms with Crippen LogP contribution in [0, 0.1) is 0 Å². The summed E-state index contributed by atoms with van der Waals surface area (Å²) in [6.07, 6.45) is 5.52. The van der Waals surface area contributed by atoms with Crippen LogP contribution in [0.3, 0.4) is 0 Å². The molecule has 6 heteroatoms. The fourth-order valence-electron chi connectivity index (χ4n) is 2.50. The van der Waals surface area contributed by atoms with Gasteiger partial charge in [-0.25, -0.2) is 13.4 Å². The van der Waals surface area contributed by atoms with E-state index in [1.54, 1.807) is 48.0 Å². The van der Waals surface area contributed by atoms with Crippen LogP contribution < -0.4 is 0 Å². The Bertz CT molecular complexity index is 918. The highest BCUT2D eigenvalue weighted by Gasteiger charge is 2.11. The first-order chi connectivity index (χ1) is 11.4. The third-order valence-corrected chi connectivity index (χ3v) is 6.04. The third-order valence-electron chi connectivity index (χ3n) is 3.81. The molecule has 0 aliphatic carbocycles.